The highest BCUT2D eigenvalue weighted by atomic mass is 79.9. The van der Waals surface area contributed by atoms with Gasteiger partial charge in [0.05, 0.1) is 10.6 Å². The van der Waals surface area contributed by atoms with E-state index in [0.717, 1.165) is 6.07 Å². The third-order valence-corrected chi connectivity index (χ3v) is 2.75. The molecule has 0 spiro atoms. The van der Waals surface area contributed by atoms with Crippen LogP contribution >= 0.6 is 15.9 Å². The van der Waals surface area contributed by atoms with Crippen LogP contribution in [0.3, 0.4) is 0 Å². The molecule has 0 saturated heterocycles. The number of aliphatic hydroxyl groups excluding tert-OH is 1. The summed E-state index contributed by atoms with van der Waals surface area (Å²) in [7, 11) is 0. The molecule has 1 N–H and O–H groups in total. The molecule has 0 aliphatic carbocycles. The van der Waals surface area contributed by atoms with E-state index in [2.05, 4.69) is 20.7 Å². The van der Waals surface area contributed by atoms with Crippen molar-refractivity contribution in [1.82, 2.24) is 0 Å². The summed E-state index contributed by atoms with van der Waals surface area (Å²) in [6, 6.07) is 3.83. The van der Waals surface area contributed by atoms with Gasteiger partial charge in [-0.05, 0) is 48.0 Å². The second kappa shape index (κ2) is 5.79. The molecule has 1 aromatic carbocycles. The molecule has 0 radical (unpaired) electrons. The normalized spacial score (nSPS) is 15.1. The summed E-state index contributed by atoms with van der Waals surface area (Å²) in [5, 5.41) is 9.25. The number of aliphatic hydroxyl groups is 1. The first-order valence-corrected chi connectivity index (χ1v) is 5.88. The standard InChI is InChI=1S/C11H12BrF3O3/c1-6(16)7(2)17-8-3-4-10(9(12)5-8)18-11(13,14)15/h3-7,16H,1-2H3. The summed E-state index contributed by atoms with van der Waals surface area (Å²) in [6.45, 7) is 3.21. The molecule has 0 aliphatic heterocycles. The maximum atomic E-state index is 12.0. The van der Waals surface area contributed by atoms with E-state index in [1.165, 1.54) is 12.1 Å². The average Bonchev–Trinajstić information content (AvgIpc) is 2.20. The van der Waals surface area contributed by atoms with E-state index in [4.69, 9.17) is 4.74 Å². The summed E-state index contributed by atoms with van der Waals surface area (Å²) in [6.07, 6.45) is -5.89. The van der Waals surface area contributed by atoms with Gasteiger partial charge in [-0.15, -0.1) is 13.2 Å². The Kier molecular flexibility index (Phi) is 4.86. The Labute approximate surface area is 111 Å². The molecule has 18 heavy (non-hydrogen) atoms. The number of ether oxygens (including phenoxy) is 2. The van der Waals surface area contributed by atoms with Crippen molar-refractivity contribution >= 4 is 15.9 Å². The maximum Gasteiger partial charge on any atom is 0.573 e. The second-order valence-electron chi connectivity index (χ2n) is 3.70. The highest BCUT2D eigenvalue weighted by molar-refractivity contribution is 9.10. The van der Waals surface area contributed by atoms with Crippen LogP contribution in [0, 0.1) is 0 Å². The van der Waals surface area contributed by atoms with Crippen molar-refractivity contribution in [1.29, 1.82) is 0 Å². The van der Waals surface area contributed by atoms with Gasteiger partial charge >= 0.3 is 6.36 Å². The maximum absolute atomic E-state index is 12.0. The fraction of sp³-hybridized carbons (Fsp3) is 0.455. The number of hydrogen-bond donors (Lipinski definition) is 1. The van der Waals surface area contributed by atoms with Gasteiger partial charge in [-0.25, -0.2) is 0 Å². The fourth-order valence-corrected chi connectivity index (χ4v) is 1.51. The van der Waals surface area contributed by atoms with Crippen molar-refractivity contribution in [2.45, 2.75) is 32.4 Å². The van der Waals surface area contributed by atoms with Gasteiger partial charge in [0.15, 0.2) is 0 Å². The molecule has 0 saturated carbocycles. The first-order valence-electron chi connectivity index (χ1n) is 5.09. The molecular formula is C11H12BrF3O3. The molecule has 3 nitrogen and oxygen atoms in total. The monoisotopic (exact) mass is 328 g/mol. The van der Waals surface area contributed by atoms with Crippen LogP contribution in [0.15, 0.2) is 22.7 Å². The number of benzene rings is 1. The fourth-order valence-electron chi connectivity index (χ4n) is 1.08. The predicted molar refractivity (Wildman–Crippen MR) is 62.6 cm³/mol. The zero-order valence-electron chi connectivity index (χ0n) is 9.66. The van der Waals surface area contributed by atoms with Crippen LogP contribution < -0.4 is 9.47 Å². The van der Waals surface area contributed by atoms with Crippen LogP contribution in [0.5, 0.6) is 11.5 Å². The largest absolute Gasteiger partial charge is 0.573 e. The van der Waals surface area contributed by atoms with Crippen molar-refractivity contribution in [2.75, 3.05) is 0 Å². The van der Waals surface area contributed by atoms with Gasteiger partial charge in [-0.3, -0.25) is 0 Å². The minimum atomic E-state index is -4.74. The molecule has 0 heterocycles. The Hall–Kier alpha value is -0.950. The second-order valence-corrected chi connectivity index (χ2v) is 4.56. The van der Waals surface area contributed by atoms with Crippen molar-refractivity contribution in [3.63, 3.8) is 0 Å². The van der Waals surface area contributed by atoms with Crippen molar-refractivity contribution in [3.8, 4) is 11.5 Å². The molecule has 0 bridgehead atoms. The topological polar surface area (TPSA) is 38.7 Å². The SMILES string of the molecule is CC(O)C(C)Oc1ccc(OC(F)(F)F)c(Br)c1. The van der Waals surface area contributed by atoms with E-state index in [-0.39, 0.29) is 10.2 Å². The lowest BCUT2D eigenvalue weighted by atomic mass is 10.2. The highest BCUT2D eigenvalue weighted by Gasteiger charge is 2.32. The molecule has 2 unspecified atom stereocenters. The van der Waals surface area contributed by atoms with E-state index >= 15 is 0 Å². The zero-order chi connectivity index (χ0) is 13.9. The van der Waals surface area contributed by atoms with Gasteiger partial charge in [-0.1, -0.05) is 0 Å². The smallest absolute Gasteiger partial charge is 0.488 e. The van der Waals surface area contributed by atoms with Gasteiger partial charge in [0.25, 0.3) is 0 Å². The molecule has 0 amide bonds. The quantitative estimate of drug-likeness (QED) is 0.919. The summed E-state index contributed by atoms with van der Waals surface area (Å²) in [5.74, 6) is -0.00986. The molecule has 102 valence electrons. The van der Waals surface area contributed by atoms with Crippen LogP contribution in [0.2, 0.25) is 0 Å². The van der Waals surface area contributed by atoms with Crippen LogP contribution in [0.1, 0.15) is 13.8 Å². The molecule has 1 aromatic rings. The van der Waals surface area contributed by atoms with Crippen molar-refractivity contribution in [2.24, 2.45) is 0 Å². The predicted octanol–water partition coefficient (Wildman–Crippen LogP) is 3.50. The Morgan fingerprint density at radius 3 is 2.33 bits per heavy atom. The van der Waals surface area contributed by atoms with Gasteiger partial charge in [-0.2, -0.15) is 0 Å². The molecule has 7 heteroatoms. The van der Waals surface area contributed by atoms with Gasteiger partial charge < -0.3 is 14.6 Å². The molecule has 2 atom stereocenters. The molecule has 0 aromatic heterocycles. The van der Waals surface area contributed by atoms with E-state index in [0.29, 0.717) is 5.75 Å². The summed E-state index contributed by atoms with van der Waals surface area (Å²) in [5.41, 5.74) is 0. The van der Waals surface area contributed by atoms with E-state index < -0.39 is 18.6 Å². The lowest BCUT2D eigenvalue weighted by Gasteiger charge is -2.18. The minimum Gasteiger partial charge on any atom is -0.488 e. The Morgan fingerprint density at radius 2 is 1.89 bits per heavy atom. The summed E-state index contributed by atoms with van der Waals surface area (Å²) in [4.78, 5) is 0. The third kappa shape index (κ3) is 4.73. The third-order valence-electron chi connectivity index (χ3n) is 2.13. The van der Waals surface area contributed by atoms with Crippen LogP contribution in [0.25, 0.3) is 0 Å². The van der Waals surface area contributed by atoms with Gasteiger partial charge in [0, 0.05) is 0 Å². The molecule has 0 fully saturated rings. The number of hydrogen-bond acceptors (Lipinski definition) is 3. The van der Waals surface area contributed by atoms with E-state index in [1.807, 2.05) is 0 Å². The van der Waals surface area contributed by atoms with Crippen LogP contribution in [-0.2, 0) is 0 Å². The van der Waals surface area contributed by atoms with E-state index in [1.54, 1.807) is 13.8 Å². The Bertz CT molecular complexity index is 407. The number of rotatable bonds is 4. The van der Waals surface area contributed by atoms with Gasteiger partial charge in [0.1, 0.15) is 17.6 Å². The first-order chi connectivity index (χ1) is 8.19. The van der Waals surface area contributed by atoms with Crippen molar-refractivity contribution < 1.29 is 27.8 Å². The van der Waals surface area contributed by atoms with Crippen LogP contribution in [0.4, 0.5) is 13.2 Å². The molecular weight excluding hydrogens is 317 g/mol. The number of halogens is 4. The molecule has 0 aliphatic rings. The lowest BCUT2D eigenvalue weighted by Crippen LogP contribution is -2.25. The number of alkyl halides is 3. The highest BCUT2D eigenvalue weighted by Crippen LogP contribution is 2.33. The first kappa shape index (κ1) is 15.1. The Morgan fingerprint density at radius 1 is 1.28 bits per heavy atom. The van der Waals surface area contributed by atoms with Crippen LogP contribution in [-0.4, -0.2) is 23.7 Å². The van der Waals surface area contributed by atoms with Crippen molar-refractivity contribution in [3.05, 3.63) is 22.7 Å². The molecule has 1 rings (SSSR count). The summed E-state index contributed by atoms with van der Waals surface area (Å²) >= 11 is 2.96. The van der Waals surface area contributed by atoms with Gasteiger partial charge in [0.2, 0.25) is 0 Å². The van der Waals surface area contributed by atoms with E-state index in [9.17, 15) is 18.3 Å². The average molecular weight is 329 g/mol. The zero-order valence-corrected chi connectivity index (χ0v) is 11.2. The lowest BCUT2D eigenvalue weighted by molar-refractivity contribution is -0.274. The Balaban J connectivity index is 2.79. The minimum absolute atomic E-state index is 0.120. The summed E-state index contributed by atoms with van der Waals surface area (Å²) < 4.78 is 45.3.